The molecule has 4 nitrogen and oxygen atoms in total. The number of hydrogen-bond donors (Lipinski definition) is 2. The van der Waals surface area contributed by atoms with E-state index in [2.05, 4.69) is 32.6 Å². The number of urea groups is 1. The summed E-state index contributed by atoms with van der Waals surface area (Å²) in [5.74, 6) is 0. The van der Waals surface area contributed by atoms with Crippen molar-refractivity contribution in [1.82, 2.24) is 15.5 Å². The van der Waals surface area contributed by atoms with E-state index in [1.165, 1.54) is 12.8 Å². The molecule has 2 N–H and O–H groups in total. The maximum Gasteiger partial charge on any atom is 0.318 e. The van der Waals surface area contributed by atoms with E-state index in [-0.39, 0.29) is 12.1 Å². The fourth-order valence-electron chi connectivity index (χ4n) is 2.86. The van der Waals surface area contributed by atoms with Crippen LogP contribution in [0.5, 0.6) is 0 Å². The SMILES string of the molecule is O=C1NC(c2ccccc2Br)CN1CC1CCCN1. The Balaban J connectivity index is 1.67. The van der Waals surface area contributed by atoms with Crippen LogP contribution >= 0.6 is 15.9 Å². The van der Waals surface area contributed by atoms with Crippen molar-refractivity contribution in [3.63, 3.8) is 0 Å². The van der Waals surface area contributed by atoms with Crippen molar-refractivity contribution in [3.8, 4) is 0 Å². The van der Waals surface area contributed by atoms with Gasteiger partial charge in [0, 0.05) is 23.6 Å². The molecular weight excluding hydrogens is 306 g/mol. The summed E-state index contributed by atoms with van der Waals surface area (Å²) in [6, 6.07) is 8.68. The molecule has 0 aliphatic carbocycles. The molecule has 2 atom stereocenters. The monoisotopic (exact) mass is 323 g/mol. The Labute approximate surface area is 121 Å². The van der Waals surface area contributed by atoms with Crippen LogP contribution in [0, 0.1) is 0 Å². The summed E-state index contributed by atoms with van der Waals surface area (Å²) < 4.78 is 1.06. The van der Waals surface area contributed by atoms with Gasteiger partial charge in [0.1, 0.15) is 0 Å². The van der Waals surface area contributed by atoms with Gasteiger partial charge in [0.15, 0.2) is 0 Å². The Morgan fingerprint density at radius 2 is 2.21 bits per heavy atom. The number of nitrogens with one attached hydrogen (secondary N) is 2. The molecule has 0 saturated carbocycles. The van der Waals surface area contributed by atoms with Crippen molar-refractivity contribution in [2.24, 2.45) is 0 Å². The second kappa shape index (κ2) is 5.51. The minimum absolute atomic E-state index is 0.0504. The molecule has 3 rings (SSSR count). The largest absolute Gasteiger partial charge is 0.329 e. The lowest BCUT2D eigenvalue weighted by molar-refractivity contribution is 0.213. The van der Waals surface area contributed by atoms with Gasteiger partial charge in [-0.1, -0.05) is 34.1 Å². The molecule has 2 aliphatic rings. The molecule has 2 fully saturated rings. The van der Waals surface area contributed by atoms with E-state index in [1.807, 2.05) is 23.1 Å². The van der Waals surface area contributed by atoms with Crippen LogP contribution in [0.3, 0.4) is 0 Å². The molecule has 2 saturated heterocycles. The average molecular weight is 324 g/mol. The highest BCUT2D eigenvalue weighted by Gasteiger charge is 2.32. The van der Waals surface area contributed by atoms with Crippen LogP contribution in [0.2, 0.25) is 0 Å². The molecule has 2 aliphatic heterocycles. The van der Waals surface area contributed by atoms with Crippen LogP contribution in [0.25, 0.3) is 0 Å². The van der Waals surface area contributed by atoms with E-state index in [0.29, 0.717) is 6.04 Å². The van der Waals surface area contributed by atoms with E-state index < -0.39 is 0 Å². The predicted molar refractivity (Wildman–Crippen MR) is 78.0 cm³/mol. The maximum absolute atomic E-state index is 12.0. The lowest BCUT2D eigenvalue weighted by Crippen LogP contribution is -2.39. The van der Waals surface area contributed by atoms with E-state index in [4.69, 9.17) is 0 Å². The van der Waals surface area contributed by atoms with Gasteiger partial charge in [-0.15, -0.1) is 0 Å². The smallest absolute Gasteiger partial charge is 0.318 e. The maximum atomic E-state index is 12.0. The van der Waals surface area contributed by atoms with Crippen molar-refractivity contribution < 1.29 is 4.79 Å². The second-order valence-corrected chi connectivity index (χ2v) is 6.08. The van der Waals surface area contributed by atoms with Crippen molar-refractivity contribution in [3.05, 3.63) is 34.3 Å². The first-order valence-electron chi connectivity index (χ1n) is 6.77. The van der Waals surface area contributed by atoms with E-state index in [0.717, 1.165) is 29.7 Å². The fourth-order valence-corrected chi connectivity index (χ4v) is 3.42. The van der Waals surface area contributed by atoms with Gasteiger partial charge in [-0.05, 0) is 31.0 Å². The van der Waals surface area contributed by atoms with Crippen LogP contribution in [0.15, 0.2) is 28.7 Å². The van der Waals surface area contributed by atoms with Crippen LogP contribution in [-0.2, 0) is 0 Å². The van der Waals surface area contributed by atoms with Crippen LogP contribution in [0.1, 0.15) is 24.4 Å². The molecule has 5 heteroatoms. The lowest BCUT2D eigenvalue weighted by Gasteiger charge is -2.19. The van der Waals surface area contributed by atoms with Crippen LogP contribution in [-0.4, -0.2) is 36.6 Å². The first kappa shape index (κ1) is 12.9. The first-order chi connectivity index (χ1) is 9.24. The molecule has 1 aromatic rings. The molecule has 0 aromatic heterocycles. The number of carbonyl (C=O) groups excluding carboxylic acids is 1. The molecule has 0 spiro atoms. The lowest BCUT2D eigenvalue weighted by atomic mass is 10.1. The van der Waals surface area contributed by atoms with Gasteiger partial charge < -0.3 is 15.5 Å². The first-order valence-corrected chi connectivity index (χ1v) is 7.56. The average Bonchev–Trinajstić information content (AvgIpc) is 3.02. The van der Waals surface area contributed by atoms with Crippen molar-refractivity contribution in [1.29, 1.82) is 0 Å². The summed E-state index contributed by atoms with van der Waals surface area (Å²) in [6.07, 6.45) is 2.39. The molecule has 2 heterocycles. The summed E-state index contributed by atoms with van der Waals surface area (Å²) in [5.41, 5.74) is 1.15. The number of hydrogen-bond acceptors (Lipinski definition) is 2. The van der Waals surface area contributed by atoms with Crippen molar-refractivity contribution >= 4 is 22.0 Å². The number of rotatable bonds is 3. The highest BCUT2D eigenvalue weighted by atomic mass is 79.9. The zero-order chi connectivity index (χ0) is 13.2. The van der Waals surface area contributed by atoms with Gasteiger partial charge in [0.25, 0.3) is 0 Å². The predicted octanol–water partition coefficient (Wildman–Crippen LogP) is 2.27. The number of amides is 2. The Kier molecular flexibility index (Phi) is 3.75. The summed E-state index contributed by atoms with van der Waals surface area (Å²) in [7, 11) is 0. The molecule has 19 heavy (non-hydrogen) atoms. The normalized spacial score (nSPS) is 26.8. The van der Waals surface area contributed by atoms with Crippen LogP contribution in [0.4, 0.5) is 4.79 Å². The second-order valence-electron chi connectivity index (χ2n) is 5.22. The molecule has 2 unspecified atom stereocenters. The van der Waals surface area contributed by atoms with E-state index in [9.17, 15) is 4.79 Å². The van der Waals surface area contributed by atoms with Crippen molar-refractivity contribution in [2.75, 3.05) is 19.6 Å². The van der Waals surface area contributed by atoms with Gasteiger partial charge in [-0.25, -0.2) is 4.79 Å². The standard InChI is InChI=1S/C14H18BrN3O/c15-12-6-2-1-5-11(12)13-9-18(14(19)17-13)8-10-4-3-7-16-10/h1-2,5-6,10,13,16H,3-4,7-9H2,(H,17,19). The summed E-state index contributed by atoms with van der Waals surface area (Å²) >= 11 is 3.55. The Morgan fingerprint density at radius 3 is 2.95 bits per heavy atom. The van der Waals surface area contributed by atoms with E-state index in [1.54, 1.807) is 0 Å². The molecule has 0 bridgehead atoms. The third-order valence-electron chi connectivity index (χ3n) is 3.87. The Morgan fingerprint density at radius 1 is 1.37 bits per heavy atom. The van der Waals surface area contributed by atoms with Gasteiger partial charge in [-0.2, -0.15) is 0 Å². The number of halogens is 1. The molecule has 1 aromatic carbocycles. The van der Waals surface area contributed by atoms with Gasteiger partial charge in [0.05, 0.1) is 6.04 Å². The highest BCUT2D eigenvalue weighted by molar-refractivity contribution is 9.10. The summed E-state index contributed by atoms with van der Waals surface area (Å²) in [5, 5.41) is 6.50. The Bertz CT molecular complexity index is 474. The third-order valence-corrected chi connectivity index (χ3v) is 4.59. The van der Waals surface area contributed by atoms with Crippen molar-refractivity contribution in [2.45, 2.75) is 24.9 Å². The third kappa shape index (κ3) is 2.77. The number of carbonyl (C=O) groups is 1. The molecule has 0 radical (unpaired) electrons. The highest BCUT2D eigenvalue weighted by Crippen LogP contribution is 2.27. The minimum Gasteiger partial charge on any atom is -0.329 e. The zero-order valence-electron chi connectivity index (χ0n) is 10.7. The summed E-state index contributed by atoms with van der Waals surface area (Å²) in [4.78, 5) is 14.0. The van der Waals surface area contributed by atoms with Gasteiger partial charge in [-0.3, -0.25) is 0 Å². The van der Waals surface area contributed by atoms with E-state index >= 15 is 0 Å². The zero-order valence-corrected chi connectivity index (χ0v) is 12.3. The molecule has 2 amide bonds. The number of nitrogens with zero attached hydrogens (tertiary/aromatic N) is 1. The quantitative estimate of drug-likeness (QED) is 0.896. The fraction of sp³-hybridized carbons (Fsp3) is 0.500. The van der Waals surface area contributed by atoms with Gasteiger partial charge >= 0.3 is 6.03 Å². The minimum atomic E-state index is 0.0504. The molecular formula is C14H18BrN3O. The Hall–Kier alpha value is -1.07. The van der Waals surface area contributed by atoms with Crippen LogP contribution < -0.4 is 10.6 Å². The topological polar surface area (TPSA) is 44.4 Å². The molecule has 102 valence electrons. The summed E-state index contributed by atoms with van der Waals surface area (Å²) in [6.45, 7) is 2.64. The van der Waals surface area contributed by atoms with Gasteiger partial charge in [0.2, 0.25) is 0 Å². The number of benzene rings is 1.